The number of alkyl halides is 1. The van der Waals surface area contributed by atoms with E-state index in [1.807, 2.05) is 19.1 Å². The number of pyridine rings is 1. The van der Waals surface area contributed by atoms with Crippen molar-refractivity contribution in [1.82, 2.24) is 19.9 Å². The SMILES string of the molecule is C=C1CN2CCC[C@@]2(COc2nc3c4cnc(c(C)c4n2)-c2cc(N)cc4ccc(F)c(c24)C#CCCC[C@]2(F)[C@@H]4COCCN3[C@@H]42)C1. The van der Waals surface area contributed by atoms with Crippen molar-refractivity contribution in [3.63, 3.8) is 0 Å². The number of aryl methyl sites for hydroxylation is 1. The largest absolute Gasteiger partial charge is 0.461 e. The van der Waals surface area contributed by atoms with Crippen molar-refractivity contribution in [2.75, 3.05) is 50.1 Å². The van der Waals surface area contributed by atoms with Crippen LogP contribution in [0.25, 0.3) is 32.9 Å². The molecule has 10 rings (SSSR count). The van der Waals surface area contributed by atoms with Gasteiger partial charge >= 0.3 is 6.01 Å². The van der Waals surface area contributed by atoms with Crippen molar-refractivity contribution in [1.29, 1.82) is 0 Å². The molecule has 8 nitrogen and oxygen atoms in total. The Labute approximate surface area is 278 Å². The van der Waals surface area contributed by atoms with Crippen molar-refractivity contribution in [3.8, 4) is 29.1 Å². The van der Waals surface area contributed by atoms with Crippen LogP contribution < -0.4 is 15.4 Å². The Bertz CT molecular complexity index is 2090. The minimum atomic E-state index is -1.46. The first-order chi connectivity index (χ1) is 23.3. The van der Waals surface area contributed by atoms with Crippen molar-refractivity contribution in [3.05, 3.63) is 59.6 Å². The minimum Gasteiger partial charge on any atom is -0.461 e. The quantitative estimate of drug-likeness (QED) is 0.161. The summed E-state index contributed by atoms with van der Waals surface area (Å²) in [5, 5.41) is 2.12. The summed E-state index contributed by atoms with van der Waals surface area (Å²) in [4.78, 5) is 19.5. The molecule has 4 aromatic rings. The highest BCUT2D eigenvalue weighted by molar-refractivity contribution is 6.04. The summed E-state index contributed by atoms with van der Waals surface area (Å²) < 4.78 is 44.8. The van der Waals surface area contributed by atoms with E-state index in [-0.39, 0.29) is 23.0 Å². The van der Waals surface area contributed by atoms with Gasteiger partial charge in [0, 0.05) is 53.8 Å². The second kappa shape index (κ2) is 10.8. The molecule has 246 valence electrons. The summed E-state index contributed by atoms with van der Waals surface area (Å²) in [7, 11) is 0. The minimum absolute atomic E-state index is 0.115. The number of benzene rings is 2. The van der Waals surface area contributed by atoms with Crippen LogP contribution in [0.5, 0.6) is 6.01 Å². The zero-order chi connectivity index (χ0) is 32.8. The smallest absolute Gasteiger partial charge is 0.319 e. The lowest BCUT2D eigenvalue weighted by Gasteiger charge is -2.31. The number of hydrogen-bond acceptors (Lipinski definition) is 8. The van der Waals surface area contributed by atoms with Gasteiger partial charge in [-0.25, -0.2) is 8.78 Å². The monoisotopic (exact) mass is 648 g/mol. The number of nitrogen functional groups attached to an aromatic ring is 1. The number of hydrogen-bond donors (Lipinski definition) is 1. The molecule has 0 unspecified atom stereocenters. The van der Waals surface area contributed by atoms with Crippen LogP contribution in [0.2, 0.25) is 0 Å². The Hall–Kier alpha value is -4.33. The first kappa shape index (κ1) is 29.8. The predicted octanol–water partition coefficient (Wildman–Crippen LogP) is 6.13. The average molecular weight is 649 g/mol. The molecule has 7 heterocycles. The van der Waals surface area contributed by atoms with E-state index in [2.05, 4.69) is 28.2 Å². The molecular weight excluding hydrogens is 610 g/mol. The van der Waals surface area contributed by atoms with E-state index >= 15 is 8.78 Å². The van der Waals surface area contributed by atoms with Crippen LogP contribution in [-0.2, 0) is 4.74 Å². The van der Waals surface area contributed by atoms with E-state index in [1.165, 1.54) is 11.6 Å². The van der Waals surface area contributed by atoms with Gasteiger partial charge in [-0.2, -0.15) is 9.97 Å². The van der Waals surface area contributed by atoms with Gasteiger partial charge in [0.15, 0.2) is 0 Å². The number of ether oxygens (including phenoxy) is 2. The molecule has 0 amide bonds. The van der Waals surface area contributed by atoms with Crippen LogP contribution in [0.15, 0.2) is 42.6 Å². The van der Waals surface area contributed by atoms with Crippen LogP contribution >= 0.6 is 0 Å². The lowest BCUT2D eigenvalue weighted by Crippen LogP contribution is -2.43. The number of halogens is 2. The number of rotatable bonds is 3. The Kier molecular flexibility index (Phi) is 6.73. The number of aromatic nitrogens is 3. The fraction of sp³-hybridized carbons (Fsp3) is 0.447. The average Bonchev–Trinajstić information content (AvgIpc) is 3.37. The van der Waals surface area contributed by atoms with E-state index in [4.69, 9.17) is 30.2 Å². The third-order valence-corrected chi connectivity index (χ3v) is 11.3. The normalized spacial score (nSPS) is 28.0. The number of anilines is 2. The highest BCUT2D eigenvalue weighted by Gasteiger charge is 2.69. The summed E-state index contributed by atoms with van der Waals surface area (Å²) in [5.41, 5.74) is 9.60. The van der Waals surface area contributed by atoms with Crippen LogP contribution in [-0.4, -0.2) is 76.6 Å². The highest BCUT2D eigenvalue weighted by Crippen LogP contribution is 2.56. The summed E-state index contributed by atoms with van der Waals surface area (Å²) in [6, 6.07) is 6.65. The topological polar surface area (TPSA) is 89.6 Å². The van der Waals surface area contributed by atoms with Gasteiger partial charge in [-0.05, 0) is 69.2 Å². The first-order valence-corrected chi connectivity index (χ1v) is 17.0. The molecular formula is C38H38F2N6O2. The maximum atomic E-state index is 16.8. The lowest BCUT2D eigenvalue weighted by atomic mass is 9.93. The van der Waals surface area contributed by atoms with E-state index in [9.17, 15) is 0 Å². The van der Waals surface area contributed by atoms with Crippen LogP contribution in [0.4, 0.5) is 20.3 Å². The number of nitrogens with two attached hydrogens (primary N) is 1. The van der Waals surface area contributed by atoms with Gasteiger partial charge in [-0.1, -0.05) is 30.1 Å². The second-order valence-electron chi connectivity index (χ2n) is 14.3. The van der Waals surface area contributed by atoms with E-state index in [0.29, 0.717) is 84.7 Å². The van der Waals surface area contributed by atoms with E-state index < -0.39 is 17.5 Å². The Morgan fingerprint density at radius 1 is 1.19 bits per heavy atom. The summed E-state index contributed by atoms with van der Waals surface area (Å²) >= 11 is 0. The number of fused-ring (bicyclic) bond motifs is 5. The van der Waals surface area contributed by atoms with Crippen molar-refractivity contribution in [2.24, 2.45) is 5.92 Å². The standard InChI is InChI=1S/C38H38F2N6O2/c1-22-17-37(10-6-12-45(37)19-22)21-48-36-43-33-23(2)32-27-16-25(41)15-24-8-9-30(39)26(31(24)27)7-4-3-5-11-38(40)29-20-47-14-13-46(34(29)38)35(44-36)28(33)18-42-32/h8-9,15-16,18,29,34H,1,3,5-6,10-14,17,19-21,41H2,2H3/t29-,34+,37+,38+/m1/s1. The van der Waals surface area contributed by atoms with Gasteiger partial charge in [0.25, 0.3) is 0 Å². The molecule has 48 heavy (non-hydrogen) atoms. The zero-order valence-electron chi connectivity index (χ0n) is 27.1. The van der Waals surface area contributed by atoms with Gasteiger partial charge < -0.3 is 20.1 Å². The molecule has 0 radical (unpaired) electrons. The lowest BCUT2D eigenvalue weighted by molar-refractivity contribution is 0.107. The van der Waals surface area contributed by atoms with Crippen molar-refractivity contribution in [2.45, 2.75) is 62.7 Å². The third kappa shape index (κ3) is 4.51. The Morgan fingerprint density at radius 3 is 2.98 bits per heavy atom. The molecule has 4 fully saturated rings. The van der Waals surface area contributed by atoms with Gasteiger partial charge in [0.2, 0.25) is 0 Å². The van der Waals surface area contributed by atoms with Crippen LogP contribution in [0.1, 0.15) is 49.7 Å². The second-order valence-corrected chi connectivity index (χ2v) is 14.3. The maximum Gasteiger partial charge on any atom is 0.319 e. The van der Waals surface area contributed by atoms with Gasteiger partial charge in [0.1, 0.15) is 23.9 Å². The molecule has 6 aliphatic rings. The molecule has 5 aliphatic heterocycles. The molecule has 3 saturated heterocycles. The van der Waals surface area contributed by atoms with Crippen molar-refractivity contribution >= 4 is 33.2 Å². The highest BCUT2D eigenvalue weighted by atomic mass is 19.1. The van der Waals surface area contributed by atoms with Crippen molar-refractivity contribution < 1.29 is 18.3 Å². The Balaban J connectivity index is 1.26. The number of nitrogens with zero attached hydrogens (tertiary/aromatic N) is 5. The van der Waals surface area contributed by atoms with Crippen LogP contribution in [0, 0.1) is 30.5 Å². The first-order valence-electron chi connectivity index (χ1n) is 17.0. The van der Waals surface area contributed by atoms with Gasteiger partial charge in [-0.15, -0.1) is 0 Å². The van der Waals surface area contributed by atoms with E-state index in [0.717, 1.165) is 43.3 Å². The predicted molar refractivity (Wildman–Crippen MR) is 182 cm³/mol. The molecule has 2 aromatic carbocycles. The summed E-state index contributed by atoms with van der Waals surface area (Å²) in [6.45, 7) is 9.88. The fourth-order valence-electron chi connectivity index (χ4n) is 9.00. The molecule has 10 heteroatoms. The molecule has 4 atom stereocenters. The van der Waals surface area contributed by atoms with Crippen LogP contribution in [0.3, 0.4) is 0 Å². The zero-order valence-corrected chi connectivity index (χ0v) is 27.1. The molecule has 1 saturated carbocycles. The molecule has 2 N–H and O–H groups in total. The van der Waals surface area contributed by atoms with E-state index in [1.54, 1.807) is 12.3 Å². The maximum absolute atomic E-state index is 16.8. The van der Waals surface area contributed by atoms with Gasteiger partial charge in [-0.3, -0.25) is 9.88 Å². The molecule has 1 aliphatic carbocycles. The molecule has 0 spiro atoms. The Morgan fingerprint density at radius 2 is 2.08 bits per heavy atom. The fourth-order valence-corrected chi connectivity index (χ4v) is 9.00. The molecule has 4 bridgehead atoms. The summed E-state index contributed by atoms with van der Waals surface area (Å²) in [6.07, 6.45) is 6.10. The molecule has 2 aromatic heterocycles. The third-order valence-electron chi connectivity index (χ3n) is 11.3. The summed E-state index contributed by atoms with van der Waals surface area (Å²) in [5.74, 6) is 6.12. The van der Waals surface area contributed by atoms with Gasteiger partial charge in [0.05, 0.1) is 47.0 Å².